The molecule has 3 aliphatic carbocycles. The van der Waals surface area contributed by atoms with E-state index in [9.17, 15) is 10.2 Å². The Morgan fingerprint density at radius 2 is 2.05 bits per heavy atom. The lowest BCUT2D eigenvalue weighted by molar-refractivity contribution is 0.0251. The van der Waals surface area contributed by atoms with Crippen LogP contribution in [-0.4, -0.2) is 23.4 Å². The van der Waals surface area contributed by atoms with Gasteiger partial charge >= 0.3 is 0 Å². The summed E-state index contributed by atoms with van der Waals surface area (Å²) in [5, 5.41) is 20.4. The highest BCUT2D eigenvalue weighted by molar-refractivity contribution is 5.75. The standard InChI is InChI=1S/C19H24O3/c1-19-8-7-12-13(15(19)5-6-18(19)21)4-3-11-9-16(20)17(22-2)10-14(11)12/h7,9-10,13,15,18,20-21H,3-6,8H2,1-2H3. The van der Waals surface area contributed by atoms with Crippen LogP contribution in [0.4, 0.5) is 0 Å². The molecule has 3 aliphatic rings. The van der Waals surface area contributed by atoms with Crippen molar-refractivity contribution in [2.45, 2.75) is 45.1 Å². The number of hydrogen-bond donors (Lipinski definition) is 2. The summed E-state index contributed by atoms with van der Waals surface area (Å²) in [7, 11) is 1.60. The molecule has 4 unspecified atom stereocenters. The van der Waals surface area contributed by atoms with Gasteiger partial charge in [-0.1, -0.05) is 13.0 Å². The summed E-state index contributed by atoms with van der Waals surface area (Å²) in [5.41, 5.74) is 3.93. The molecule has 0 aliphatic heterocycles. The molecule has 0 saturated heterocycles. The fraction of sp³-hybridized carbons (Fsp3) is 0.579. The number of aliphatic hydroxyl groups is 1. The van der Waals surface area contributed by atoms with Crippen LogP contribution in [0.5, 0.6) is 11.5 Å². The normalized spacial score (nSPS) is 36.1. The molecule has 0 heterocycles. The largest absolute Gasteiger partial charge is 0.504 e. The van der Waals surface area contributed by atoms with E-state index in [1.165, 1.54) is 16.7 Å². The Morgan fingerprint density at radius 3 is 2.82 bits per heavy atom. The second-order valence-corrected chi connectivity index (χ2v) is 7.40. The summed E-state index contributed by atoms with van der Waals surface area (Å²) in [5.74, 6) is 1.91. The molecule has 1 aromatic carbocycles. The van der Waals surface area contributed by atoms with Crippen molar-refractivity contribution in [1.29, 1.82) is 0 Å². The maximum Gasteiger partial charge on any atom is 0.161 e. The van der Waals surface area contributed by atoms with Gasteiger partial charge in [-0.15, -0.1) is 0 Å². The number of ether oxygens (including phenoxy) is 1. The van der Waals surface area contributed by atoms with Crippen molar-refractivity contribution in [1.82, 2.24) is 0 Å². The number of methoxy groups -OCH3 is 1. The Morgan fingerprint density at radius 1 is 1.23 bits per heavy atom. The highest BCUT2D eigenvalue weighted by Crippen LogP contribution is 2.58. The second kappa shape index (κ2) is 4.76. The molecular weight excluding hydrogens is 276 g/mol. The lowest BCUT2D eigenvalue weighted by Crippen LogP contribution is -2.40. The van der Waals surface area contributed by atoms with Crippen LogP contribution in [0.1, 0.15) is 43.7 Å². The van der Waals surface area contributed by atoms with E-state index in [1.807, 2.05) is 12.1 Å². The number of hydrogen-bond acceptors (Lipinski definition) is 3. The highest BCUT2D eigenvalue weighted by Gasteiger charge is 2.51. The van der Waals surface area contributed by atoms with E-state index in [0.717, 1.165) is 32.1 Å². The fourth-order valence-electron chi connectivity index (χ4n) is 5.12. The third kappa shape index (κ3) is 1.78. The zero-order valence-electron chi connectivity index (χ0n) is 13.3. The van der Waals surface area contributed by atoms with Gasteiger partial charge in [-0.25, -0.2) is 0 Å². The number of phenols is 1. The van der Waals surface area contributed by atoms with E-state index in [2.05, 4.69) is 13.0 Å². The van der Waals surface area contributed by atoms with Crippen LogP contribution in [0.15, 0.2) is 18.2 Å². The van der Waals surface area contributed by atoms with E-state index in [0.29, 0.717) is 17.6 Å². The van der Waals surface area contributed by atoms with Crippen molar-refractivity contribution < 1.29 is 14.9 Å². The first-order chi connectivity index (χ1) is 10.5. The second-order valence-electron chi connectivity index (χ2n) is 7.40. The van der Waals surface area contributed by atoms with Gasteiger partial charge in [0.2, 0.25) is 0 Å². The number of rotatable bonds is 1. The smallest absolute Gasteiger partial charge is 0.161 e. The van der Waals surface area contributed by atoms with E-state index < -0.39 is 0 Å². The summed E-state index contributed by atoms with van der Waals surface area (Å²) in [6, 6.07) is 3.86. The monoisotopic (exact) mass is 300 g/mol. The molecular formula is C19H24O3. The number of fused-ring (bicyclic) bond motifs is 5. The molecule has 118 valence electrons. The summed E-state index contributed by atoms with van der Waals surface area (Å²) in [6.45, 7) is 2.26. The minimum atomic E-state index is -0.161. The van der Waals surface area contributed by atoms with Gasteiger partial charge in [0.1, 0.15) is 0 Å². The molecule has 0 amide bonds. The van der Waals surface area contributed by atoms with Crippen LogP contribution >= 0.6 is 0 Å². The Hall–Kier alpha value is -1.48. The van der Waals surface area contributed by atoms with Crippen molar-refractivity contribution >= 4 is 5.57 Å². The molecule has 22 heavy (non-hydrogen) atoms. The zero-order chi connectivity index (χ0) is 15.5. The molecule has 4 atom stereocenters. The molecule has 0 spiro atoms. The molecule has 1 aromatic rings. The number of aliphatic hydroxyl groups excluding tert-OH is 1. The van der Waals surface area contributed by atoms with Crippen molar-refractivity contribution in [2.75, 3.05) is 7.11 Å². The van der Waals surface area contributed by atoms with Gasteiger partial charge in [0.15, 0.2) is 11.5 Å². The number of aryl methyl sites for hydroxylation is 1. The summed E-state index contributed by atoms with van der Waals surface area (Å²) in [4.78, 5) is 0. The van der Waals surface area contributed by atoms with E-state index in [-0.39, 0.29) is 17.3 Å². The van der Waals surface area contributed by atoms with Gasteiger partial charge in [0.05, 0.1) is 13.2 Å². The average molecular weight is 300 g/mol. The average Bonchev–Trinajstić information content (AvgIpc) is 2.82. The van der Waals surface area contributed by atoms with Crippen LogP contribution in [0.2, 0.25) is 0 Å². The maximum absolute atomic E-state index is 10.4. The molecule has 0 aromatic heterocycles. The summed E-state index contributed by atoms with van der Waals surface area (Å²) >= 11 is 0. The first kappa shape index (κ1) is 14.1. The highest BCUT2D eigenvalue weighted by atomic mass is 16.5. The maximum atomic E-state index is 10.4. The van der Waals surface area contributed by atoms with E-state index in [1.54, 1.807) is 7.11 Å². The Kier molecular flexibility index (Phi) is 3.06. The third-order valence-corrected chi connectivity index (χ3v) is 6.45. The minimum Gasteiger partial charge on any atom is -0.504 e. The lowest BCUT2D eigenvalue weighted by atomic mass is 9.60. The van der Waals surface area contributed by atoms with Gasteiger partial charge in [-0.05, 0) is 72.8 Å². The van der Waals surface area contributed by atoms with Gasteiger partial charge in [0, 0.05) is 5.41 Å². The SMILES string of the molecule is COc1cc2c(cc1O)CCC1C2=CCC2(C)C(O)CCC12. The van der Waals surface area contributed by atoms with E-state index >= 15 is 0 Å². The molecule has 3 nitrogen and oxygen atoms in total. The van der Waals surface area contributed by atoms with Gasteiger partial charge in [0.25, 0.3) is 0 Å². The van der Waals surface area contributed by atoms with Crippen LogP contribution in [0.25, 0.3) is 5.57 Å². The van der Waals surface area contributed by atoms with Gasteiger partial charge < -0.3 is 14.9 Å². The van der Waals surface area contributed by atoms with Gasteiger partial charge in [-0.3, -0.25) is 0 Å². The van der Waals surface area contributed by atoms with Crippen molar-refractivity contribution in [3.63, 3.8) is 0 Å². The molecule has 3 heteroatoms. The minimum absolute atomic E-state index is 0.0483. The predicted molar refractivity (Wildman–Crippen MR) is 85.9 cm³/mol. The molecule has 1 saturated carbocycles. The number of aromatic hydroxyl groups is 1. The number of benzene rings is 1. The summed E-state index contributed by atoms with van der Waals surface area (Å²) in [6.07, 6.45) is 7.31. The molecule has 0 bridgehead atoms. The molecule has 0 radical (unpaired) electrons. The van der Waals surface area contributed by atoms with Crippen molar-refractivity contribution in [2.24, 2.45) is 17.3 Å². The summed E-state index contributed by atoms with van der Waals surface area (Å²) < 4.78 is 5.30. The van der Waals surface area contributed by atoms with E-state index in [4.69, 9.17) is 4.74 Å². The first-order valence-corrected chi connectivity index (χ1v) is 8.33. The van der Waals surface area contributed by atoms with Crippen LogP contribution < -0.4 is 4.74 Å². The molecule has 2 N–H and O–H groups in total. The fourth-order valence-corrected chi connectivity index (χ4v) is 5.12. The van der Waals surface area contributed by atoms with Gasteiger partial charge in [-0.2, -0.15) is 0 Å². The molecule has 4 rings (SSSR count). The molecule has 1 fully saturated rings. The Bertz CT molecular complexity index is 648. The quantitative estimate of drug-likeness (QED) is 0.834. The third-order valence-electron chi connectivity index (χ3n) is 6.45. The van der Waals surface area contributed by atoms with Crippen molar-refractivity contribution in [3.05, 3.63) is 29.3 Å². The van der Waals surface area contributed by atoms with Crippen LogP contribution in [-0.2, 0) is 6.42 Å². The number of phenolic OH excluding ortho intramolecular Hbond substituents is 1. The predicted octanol–water partition coefficient (Wildman–Crippen LogP) is 3.53. The Balaban J connectivity index is 1.80. The lowest BCUT2D eigenvalue weighted by Gasteiger charge is -2.45. The van der Waals surface area contributed by atoms with Crippen LogP contribution in [0, 0.1) is 17.3 Å². The number of allylic oxidation sites excluding steroid dienone is 2. The Labute approximate surface area is 131 Å². The first-order valence-electron chi connectivity index (χ1n) is 8.33. The van der Waals surface area contributed by atoms with Crippen molar-refractivity contribution in [3.8, 4) is 11.5 Å². The topological polar surface area (TPSA) is 49.7 Å². The van der Waals surface area contributed by atoms with Crippen LogP contribution in [0.3, 0.4) is 0 Å². The zero-order valence-corrected chi connectivity index (χ0v) is 13.3.